The summed E-state index contributed by atoms with van der Waals surface area (Å²) in [7, 11) is 2.73. The van der Waals surface area contributed by atoms with Gasteiger partial charge in [0.25, 0.3) is 0 Å². The van der Waals surface area contributed by atoms with Gasteiger partial charge in [-0.2, -0.15) is 0 Å². The number of methoxy groups -OCH3 is 2. The molecule has 0 aromatic carbocycles. The zero-order valence-corrected chi connectivity index (χ0v) is 12.0. The number of nitrogens with one attached hydrogen (secondary N) is 1. The maximum absolute atomic E-state index is 11.8. The summed E-state index contributed by atoms with van der Waals surface area (Å²) in [6, 6.07) is -0.779. The van der Waals surface area contributed by atoms with Crippen LogP contribution in [0.3, 0.4) is 0 Å². The van der Waals surface area contributed by atoms with Crippen molar-refractivity contribution in [2.45, 2.75) is 43.5 Å². The molecule has 0 aromatic rings. The Labute approximate surface area is 122 Å². The Balaban J connectivity index is 2.75. The number of aliphatic hydroxyl groups is 2. The lowest BCUT2D eigenvalue weighted by Crippen LogP contribution is -2.65. The van der Waals surface area contributed by atoms with Gasteiger partial charge >= 0.3 is 0 Å². The first-order valence-corrected chi connectivity index (χ1v) is 6.52. The predicted octanol–water partition coefficient (Wildman–Crippen LogP) is -2.52. The number of hydrogen-bond acceptors (Lipinski definition) is 7. The Bertz CT molecular complexity index is 366. The van der Waals surface area contributed by atoms with Gasteiger partial charge in [0, 0.05) is 27.1 Å². The van der Waals surface area contributed by atoms with Gasteiger partial charge in [-0.05, 0) is 0 Å². The fourth-order valence-electron chi connectivity index (χ4n) is 2.20. The Kier molecular flexibility index (Phi) is 6.99. The van der Waals surface area contributed by atoms with Crippen molar-refractivity contribution >= 4 is 11.8 Å². The lowest BCUT2D eigenvalue weighted by Gasteiger charge is -2.43. The summed E-state index contributed by atoms with van der Waals surface area (Å²) in [6.45, 7) is -0.413. The van der Waals surface area contributed by atoms with E-state index in [-0.39, 0.29) is 12.8 Å². The van der Waals surface area contributed by atoms with Gasteiger partial charge in [-0.15, -0.1) is 0 Å². The van der Waals surface area contributed by atoms with E-state index < -0.39 is 49.1 Å². The summed E-state index contributed by atoms with van der Waals surface area (Å²) in [5.74, 6) is -1.03. The molecule has 1 rings (SSSR count). The van der Waals surface area contributed by atoms with E-state index in [2.05, 4.69) is 5.32 Å². The Morgan fingerprint density at radius 1 is 1.29 bits per heavy atom. The molecule has 1 aliphatic rings. The van der Waals surface area contributed by atoms with Gasteiger partial charge in [0.1, 0.15) is 24.4 Å². The summed E-state index contributed by atoms with van der Waals surface area (Å²) in [5, 5.41) is 21.8. The highest BCUT2D eigenvalue weighted by Crippen LogP contribution is 2.23. The van der Waals surface area contributed by atoms with Crippen LogP contribution in [0.15, 0.2) is 0 Å². The normalized spacial score (nSPS) is 32.7. The highest BCUT2D eigenvalue weighted by atomic mass is 16.7. The summed E-state index contributed by atoms with van der Waals surface area (Å²) in [6.07, 6.45) is -3.90. The standard InChI is InChI=1S/C12H22N2O7/c1-19-11-9(14-8(17)4-3-7(13)16)12(20-2)21-6(5-15)10(11)18/h6,9-12,15,18H,3-5H2,1-2H3,(H2,13,16)(H,14,17). The Hall–Kier alpha value is -1.26. The molecule has 5 unspecified atom stereocenters. The third kappa shape index (κ3) is 4.61. The molecule has 1 heterocycles. The molecule has 5 atom stereocenters. The second kappa shape index (κ2) is 8.25. The maximum atomic E-state index is 11.8. The lowest BCUT2D eigenvalue weighted by molar-refractivity contribution is -0.266. The number of ether oxygens (including phenoxy) is 3. The zero-order valence-electron chi connectivity index (χ0n) is 12.0. The average Bonchev–Trinajstić information content (AvgIpc) is 2.45. The van der Waals surface area contributed by atoms with Crippen LogP contribution >= 0.6 is 0 Å². The van der Waals surface area contributed by atoms with Gasteiger partial charge in [0.2, 0.25) is 11.8 Å². The first-order valence-electron chi connectivity index (χ1n) is 6.52. The predicted molar refractivity (Wildman–Crippen MR) is 69.9 cm³/mol. The number of primary amides is 1. The molecule has 0 saturated carbocycles. The SMILES string of the molecule is COC1OC(CO)C(O)C(OC)C1NC(=O)CCC(N)=O. The van der Waals surface area contributed by atoms with Crippen LogP contribution < -0.4 is 11.1 Å². The second-order valence-electron chi connectivity index (χ2n) is 4.71. The largest absolute Gasteiger partial charge is 0.394 e. The van der Waals surface area contributed by atoms with E-state index in [0.29, 0.717) is 0 Å². The van der Waals surface area contributed by atoms with Crippen LogP contribution in [0.2, 0.25) is 0 Å². The third-order valence-electron chi connectivity index (χ3n) is 3.28. The minimum atomic E-state index is -1.13. The molecule has 5 N–H and O–H groups in total. The average molecular weight is 306 g/mol. The van der Waals surface area contributed by atoms with E-state index >= 15 is 0 Å². The van der Waals surface area contributed by atoms with Crippen LogP contribution in [0.5, 0.6) is 0 Å². The first-order chi connectivity index (χ1) is 9.94. The van der Waals surface area contributed by atoms with Crippen molar-refractivity contribution in [3.8, 4) is 0 Å². The molecule has 21 heavy (non-hydrogen) atoms. The van der Waals surface area contributed by atoms with Crippen molar-refractivity contribution in [2.24, 2.45) is 5.73 Å². The molecular formula is C12H22N2O7. The summed E-state index contributed by atoms with van der Waals surface area (Å²) in [4.78, 5) is 22.5. The van der Waals surface area contributed by atoms with Crippen LogP contribution in [0.4, 0.5) is 0 Å². The van der Waals surface area contributed by atoms with Crippen molar-refractivity contribution in [3.63, 3.8) is 0 Å². The van der Waals surface area contributed by atoms with Crippen molar-refractivity contribution < 1.29 is 34.0 Å². The first kappa shape index (κ1) is 17.8. The van der Waals surface area contributed by atoms with Gasteiger partial charge in [-0.3, -0.25) is 9.59 Å². The smallest absolute Gasteiger partial charge is 0.220 e. The molecule has 0 radical (unpaired) electrons. The molecule has 0 spiro atoms. The molecule has 0 aliphatic carbocycles. The summed E-state index contributed by atoms with van der Waals surface area (Å²) >= 11 is 0. The number of hydrogen-bond donors (Lipinski definition) is 4. The highest BCUT2D eigenvalue weighted by Gasteiger charge is 2.46. The van der Waals surface area contributed by atoms with Gasteiger partial charge in [0.05, 0.1) is 6.61 Å². The minimum absolute atomic E-state index is 0.0851. The van der Waals surface area contributed by atoms with Crippen molar-refractivity contribution in [2.75, 3.05) is 20.8 Å². The number of nitrogens with two attached hydrogens (primary N) is 1. The summed E-state index contributed by atoms with van der Waals surface area (Å²) < 4.78 is 15.7. The fourth-order valence-corrected chi connectivity index (χ4v) is 2.20. The zero-order chi connectivity index (χ0) is 16.0. The van der Waals surface area contributed by atoms with Crippen molar-refractivity contribution in [1.82, 2.24) is 5.32 Å². The number of carbonyl (C=O) groups is 2. The Morgan fingerprint density at radius 2 is 1.95 bits per heavy atom. The highest BCUT2D eigenvalue weighted by molar-refractivity contribution is 5.83. The molecule has 0 bridgehead atoms. The second-order valence-corrected chi connectivity index (χ2v) is 4.71. The quantitative estimate of drug-likeness (QED) is 0.407. The van der Waals surface area contributed by atoms with Gasteiger partial charge < -0.3 is 35.5 Å². The monoisotopic (exact) mass is 306 g/mol. The molecule has 9 heteroatoms. The molecular weight excluding hydrogens is 284 g/mol. The topological polar surface area (TPSA) is 140 Å². The number of rotatable bonds is 7. The minimum Gasteiger partial charge on any atom is -0.394 e. The van der Waals surface area contributed by atoms with Crippen molar-refractivity contribution in [3.05, 3.63) is 0 Å². The van der Waals surface area contributed by atoms with Gasteiger partial charge in [0.15, 0.2) is 6.29 Å². The van der Waals surface area contributed by atoms with E-state index in [9.17, 15) is 14.7 Å². The maximum Gasteiger partial charge on any atom is 0.220 e. The molecule has 0 aromatic heterocycles. The van der Waals surface area contributed by atoms with Crippen LogP contribution in [-0.2, 0) is 23.8 Å². The van der Waals surface area contributed by atoms with E-state index in [1.165, 1.54) is 14.2 Å². The molecule has 1 saturated heterocycles. The molecule has 122 valence electrons. The van der Waals surface area contributed by atoms with E-state index in [1.807, 2.05) is 0 Å². The molecule has 2 amide bonds. The molecule has 1 aliphatic heterocycles. The van der Waals surface area contributed by atoms with E-state index in [1.54, 1.807) is 0 Å². The Morgan fingerprint density at radius 3 is 2.43 bits per heavy atom. The van der Waals surface area contributed by atoms with E-state index in [4.69, 9.17) is 25.1 Å². The van der Waals surface area contributed by atoms with Crippen LogP contribution in [0.25, 0.3) is 0 Å². The van der Waals surface area contributed by atoms with E-state index in [0.717, 1.165) is 0 Å². The van der Waals surface area contributed by atoms with Gasteiger partial charge in [-0.1, -0.05) is 0 Å². The fraction of sp³-hybridized carbons (Fsp3) is 0.833. The molecule has 9 nitrogen and oxygen atoms in total. The number of aliphatic hydroxyl groups excluding tert-OH is 2. The lowest BCUT2D eigenvalue weighted by atomic mass is 9.96. The third-order valence-corrected chi connectivity index (χ3v) is 3.28. The summed E-state index contributed by atoms with van der Waals surface area (Å²) in [5.41, 5.74) is 4.98. The van der Waals surface area contributed by atoms with Gasteiger partial charge in [-0.25, -0.2) is 0 Å². The number of amides is 2. The molecule has 1 fully saturated rings. The van der Waals surface area contributed by atoms with Crippen molar-refractivity contribution in [1.29, 1.82) is 0 Å². The van der Waals surface area contributed by atoms with Crippen LogP contribution in [0, 0.1) is 0 Å². The van der Waals surface area contributed by atoms with Crippen LogP contribution in [0.1, 0.15) is 12.8 Å². The van der Waals surface area contributed by atoms with Crippen LogP contribution in [-0.4, -0.2) is 73.5 Å². The number of carbonyl (C=O) groups excluding carboxylic acids is 2.